The number of para-hydroxylation sites is 1. The van der Waals surface area contributed by atoms with Gasteiger partial charge in [0.25, 0.3) is 46.6 Å². The van der Waals surface area contributed by atoms with Crippen LogP contribution in [0.25, 0.3) is 48.2 Å². The second-order valence-electron chi connectivity index (χ2n) is 27.5. The minimum absolute atomic E-state index is 0.0558. The number of aliphatic carboxylic acids is 6. The predicted octanol–water partition coefficient (Wildman–Crippen LogP) is -3.66. The molecule has 14 rings (SSSR count). The van der Waals surface area contributed by atoms with Crippen molar-refractivity contribution in [2.24, 2.45) is 13.0 Å². The molecule has 0 saturated heterocycles. The van der Waals surface area contributed by atoms with Gasteiger partial charge >= 0.3 is 58.1 Å². The zero-order chi connectivity index (χ0) is 99.6. The number of hydrogen-bond acceptors (Lipinski definition) is 37. The number of rotatable bonds is 30. The minimum atomic E-state index is -3.57. The van der Waals surface area contributed by atoms with Crippen LogP contribution in [0.2, 0.25) is 0 Å². The van der Waals surface area contributed by atoms with E-state index in [1.165, 1.54) is 69.4 Å². The van der Waals surface area contributed by atoms with Crippen LogP contribution in [0, 0.1) is 5.92 Å². The Labute approximate surface area is 763 Å². The molecule has 18 N–H and O–H groups in total. The summed E-state index contributed by atoms with van der Waals surface area (Å²) in [7, 11) is 0.350. The number of nitrogens with one attached hydrogen (secondary N) is 6. The van der Waals surface area contributed by atoms with Crippen molar-refractivity contribution in [2.75, 3.05) is 79.9 Å². The molecule has 0 spiro atoms. The molecule has 720 valence electrons. The van der Waals surface area contributed by atoms with Crippen LogP contribution in [0.1, 0.15) is 118 Å². The van der Waals surface area contributed by atoms with E-state index in [-0.39, 0.29) is 58.5 Å². The molecule has 11 aromatic rings. The fourth-order valence-corrected chi connectivity index (χ4v) is 16.9. The van der Waals surface area contributed by atoms with Gasteiger partial charge in [-0.25, -0.2) is 17.8 Å². The van der Waals surface area contributed by atoms with Crippen molar-refractivity contribution < 1.29 is 156 Å². The lowest BCUT2D eigenvalue weighted by Crippen LogP contribution is -2.38. The van der Waals surface area contributed by atoms with Crippen molar-refractivity contribution in [1.29, 1.82) is 0 Å². The molecule has 1 aliphatic carbocycles. The van der Waals surface area contributed by atoms with Crippen LogP contribution >= 0.6 is 34.4 Å². The standard InChI is InChI=1S/C17H16N4O6.C14H14N2O6S.C12H14N4O6.C12H12N2O6S.C11H12N2O8S.C11H12N2O6S/c1-2-27-21-16-11(8-19-20(16)10-6-4-3-5-7-10)14(24)13(17(21)26)15(25)18-9-12(22)23;17-9(18)5-15-12(20)10-11(19)8-3-4-23-14(8)16(13(10)21)22-6-7-1-2-7;1-3-22-16-11-6(4-14-15(11)2)9(19)8(12(16)21)10(20)13-5-7(17)18;1-2-20-14-11(19)8(10(18)13-5-7(15)16)9(17)6-3-4-21-12(6)14;1-21-13-6-4-22(19,20)3-5(6)9(16)8(11(13)18)10(17)12-2-7(14)15;1-19-13-6-4-20-3-5(6)9(16)8(11(13)18)10(17)12-2-7(14)15/h3-8,24H,2,9H2,1H3,(H,18,25)(H,22,23);3-4,7,19H,1-2,5-6H2,(H,15,20)(H,17,18);4,19H,3,5H2,1-2H3,(H,13,20)(H,17,18);3-4,17H,2,5H2,1H3,(H,13,18)(H,15,16);16H,2-4H2,1H3,(H,12,17)(H,14,15);16H,2-4H2,1H3,(H,12,17)(H,14,15). The van der Waals surface area contributed by atoms with Gasteiger partial charge in [0.05, 0.1) is 62.5 Å². The number of carboxylic acids is 6. The number of pyridine rings is 6. The highest BCUT2D eigenvalue weighted by Gasteiger charge is 2.38. The van der Waals surface area contributed by atoms with Gasteiger partial charge < -0.3 is 122 Å². The average Bonchev–Trinajstić information content (AvgIpc) is 1.63. The fourth-order valence-electron chi connectivity index (χ4n) is 12.5. The van der Waals surface area contributed by atoms with E-state index in [9.17, 15) is 125 Å². The van der Waals surface area contributed by atoms with E-state index in [4.69, 9.17) is 59.7 Å². The summed E-state index contributed by atoms with van der Waals surface area (Å²) in [4.78, 5) is 241. The Bertz CT molecular complexity index is 7080. The van der Waals surface area contributed by atoms with Gasteiger partial charge in [0.2, 0.25) is 0 Å². The maximum atomic E-state index is 12.8. The van der Waals surface area contributed by atoms with E-state index < -0.39 is 233 Å². The molecule has 0 radical (unpaired) electrons. The lowest BCUT2D eigenvalue weighted by atomic mass is 10.1. The van der Waals surface area contributed by atoms with Crippen molar-refractivity contribution in [1.82, 2.24) is 79.8 Å². The Morgan fingerprint density at radius 2 is 0.741 bits per heavy atom. The number of nitrogens with zero attached hydrogens (tertiary/aromatic N) is 10. The van der Waals surface area contributed by atoms with Crippen molar-refractivity contribution in [3.05, 3.63) is 184 Å². The molecule has 0 unspecified atom stereocenters. The highest BCUT2D eigenvalue weighted by molar-refractivity contribution is 7.98. The van der Waals surface area contributed by atoms with Crippen LogP contribution in [0.5, 0.6) is 34.5 Å². The summed E-state index contributed by atoms with van der Waals surface area (Å²) in [5, 5.41) is 137. The molecule has 0 atom stereocenters. The van der Waals surface area contributed by atoms with Crippen LogP contribution in [-0.4, -0.2) is 269 Å². The third-order valence-corrected chi connectivity index (χ3v) is 22.7. The van der Waals surface area contributed by atoms with Crippen molar-refractivity contribution in [3.63, 3.8) is 0 Å². The monoisotopic (exact) mass is 1960 g/mol. The molecule has 135 heavy (non-hydrogen) atoms. The number of aryl methyl sites for hydroxylation is 1. The van der Waals surface area contributed by atoms with Crippen molar-refractivity contribution in [3.8, 4) is 40.2 Å². The van der Waals surface area contributed by atoms with E-state index in [1.54, 1.807) is 68.9 Å². The molecule has 1 aromatic carbocycles. The number of carbonyl (C=O) groups excluding carboxylic acids is 6. The lowest BCUT2D eigenvalue weighted by Gasteiger charge is -2.14. The smallest absolute Gasteiger partial charge is 0.322 e. The highest BCUT2D eigenvalue weighted by Crippen LogP contribution is 2.38. The summed E-state index contributed by atoms with van der Waals surface area (Å²) in [5.41, 5.74) is -7.19. The molecule has 10 aromatic heterocycles. The number of aromatic hydroxyl groups is 6. The summed E-state index contributed by atoms with van der Waals surface area (Å²) in [6, 6.07) is 12.0. The van der Waals surface area contributed by atoms with Gasteiger partial charge in [-0.05, 0) is 74.6 Å². The van der Waals surface area contributed by atoms with Gasteiger partial charge in [0, 0.05) is 29.7 Å². The van der Waals surface area contributed by atoms with Gasteiger partial charge in [-0.15, -0.1) is 51.1 Å². The first kappa shape index (κ1) is 102. The van der Waals surface area contributed by atoms with Crippen LogP contribution in [0.3, 0.4) is 0 Å². The zero-order valence-corrected chi connectivity index (χ0v) is 74.1. The third kappa shape index (κ3) is 23.0. The molecule has 58 heteroatoms. The van der Waals surface area contributed by atoms with Crippen LogP contribution < -0.4 is 94.3 Å². The number of hydrogen-bond donors (Lipinski definition) is 18. The Kier molecular flexibility index (Phi) is 33.5. The average molecular weight is 1970 g/mol. The van der Waals surface area contributed by atoms with Crippen LogP contribution in [0.4, 0.5) is 0 Å². The van der Waals surface area contributed by atoms with Crippen molar-refractivity contribution in [2.45, 2.75) is 56.6 Å². The summed E-state index contributed by atoms with van der Waals surface area (Å²) >= 11 is 3.85. The molecule has 1 saturated carbocycles. The molecule has 3 aliphatic rings. The number of aromatic nitrogens is 10. The van der Waals surface area contributed by atoms with E-state index in [0.29, 0.717) is 60.8 Å². The molecule has 2 aliphatic heterocycles. The minimum Gasteiger partial charge on any atom is -0.507 e. The Morgan fingerprint density at radius 1 is 0.407 bits per heavy atom. The van der Waals surface area contributed by atoms with Crippen LogP contribution in [0.15, 0.2) is 94.4 Å². The number of fused-ring (bicyclic) bond motifs is 6. The number of carboxylic acid groups (broad SMARTS) is 6. The first-order valence-electron chi connectivity index (χ1n) is 38.7. The summed E-state index contributed by atoms with van der Waals surface area (Å²) in [6.07, 6.45) is 4.63. The maximum Gasteiger partial charge on any atom is 0.322 e. The van der Waals surface area contributed by atoms with E-state index in [0.717, 1.165) is 43.6 Å². The quantitative estimate of drug-likeness (QED) is 0.0206. The number of thioether (sulfide) groups is 1. The number of carbonyl (C=O) groups is 12. The van der Waals surface area contributed by atoms with Gasteiger partial charge in [0.1, 0.15) is 135 Å². The molecule has 6 amide bonds. The number of amides is 6. The Hall–Kier alpha value is -16.7. The molecular weight excluding hydrogens is 1890 g/mol. The van der Waals surface area contributed by atoms with Gasteiger partial charge in [-0.2, -0.15) is 22.0 Å². The fraction of sp³-hybridized carbons (Fsp3) is 0.299. The lowest BCUT2D eigenvalue weighted by molar-refractivity contribution is -0.136. The number of benzene rings is 1. The molecule has 54 nitrogen and oxygen atoms in total. The van der Waals surface area contributed by atoms with Crippen LogP contribution in [-0.2, 0) is 68.7 Å². The topological polar surface area (TPSA) is 777 Å². The van der Waals surface area contributed by atoms with E-state index in [1.807, 2.05) is 27.3 Å². The van der Waals surface area contributed by atoms with Gasteiger partial charge in [-0.1, -0.05) is 18.2 Å². The second-order valence-corrected chi connectivity index (χ2v) is 32.4. The van der Waals surface area contributed by atoms with Crippen molar-refractivity contribution >= 4 is 158 Å². The first-order valence-corrected chi connectivity index (χ1v) is 43.5. The molecular formula is C77H80N16O38S4. The molecule has 0 bridgehead atoms. The van der Waals surface area contributed by atoms with Gasteiger partial charge in [-0.3, -0.25) is 86.3 Å². The predicted molar refractivity (Wildman–Crippen MR) is 466 cm³/mol. The first-order chi connectivity index (χ1) is 63.9. The highest BCUT2D eigenvalue weighted by atomic mass is 32.2. The normalized spacial score (nSPS) is 12.3. The zero-order valence-electron chi connectivity index (χ0n) is 70.8. The maximum absolute atomic E-state index is 12.8. The SMILES string of the molecule is CCOn1c(=O)c(C(=O)NCC(=O)O)c(O)c2ccsc21.CCOn1c(=O)c(C(=O)NCC(=O)O)c(O)c2cnn(-c3ccccc3)c21.CCOn1c(=O)c(C(=O)NCC(=O)O)c(O)c2cnn(C)c21.COn1c2c(c(O)c(C(=O)NCC(=O)O)c1=O)CS(=O)(=O)C2.COn1c2c(c(O)c(C(=O)NCC(=O)O)c1=O)CSC2.O=C(O)CNC(=O)c1c(O)c2ccsc2n(OCC2CC2)c1=O. The van der Waals surface area contributed by atoms with E-state index in [2.05, 4.69) is 20.8 Å². The van der Waals surface area contributed by atoms with E-state index >= 15 is 0 Å². The number of thiophene rings is 2. The molecule has 1 fully saturated rings. The Balaban J connectivity index is 0.000000182. The number of sulfone groups is 1. The largest absolute Gasteiger partial charge is 0.507 e. The second kappa shape index (κ2) is 44.3. The third-order valence-electron chi connectivity index (χ3n) is 18.5. The van der Waals surface area contributed by atoms with Gasteiger partial charge in [0.15, 0.2) is 43.4 Å². The Morgan fingerprint density at radius 3 is 1.13 bits per heavy atom. The molecule has 12 heterocycles. The summed E-state index contributed by atoms with van der Waals surface area (Å²) < 4.78 is 31.2. The summed E-state index contributed by atoms with van der Waals surface area (Å²) in [6.45, 7) is 1.66. The summed E-state index contributed by atoms with van der Waals surface area (Å²) in [5.74, 6) is -16.7.